The SMILES string of the molecule is CCCc1noc(C(C)OC(=O)c2ccccc2CSc2nc3nc(C)cc(C)n3n2)n1. The second kappa shape index (κ2) is 9.47. The number of esters is 1. The first-order valence-electron chi connectivity index (χ1n) is 10.4. The fourth-order valence-electron chi connectivity index (χ4n) is 3.23. The summed E-state index contributed by atoms with van der Waals surface area (Å²) in [5.41, 5.74) is 3.16. The monoisotopic (exact) mass is 452 g/mol. The highest BCUT2D eigenvalue weighted by Gasteiger charge is 2.21. The van der Waals surface area contributed by atoms with Crippen molar-refractivity contribution in [3.8, 4) is 0 Å². The van der Waals surface area contributed by atoms with Crippen LogP contribution in [0.2, 0.25) is 0 Å². The summed E-state index contributed by atoms with van der Waals surface area (Å²) in [5, 5.41) is 9.02. The van der Waals surface area contributed by atoms with E-state index < -0.39 is 12.1 Å². The average molecular weight is 453 g/mol. The van der Waals surface area contributed by atoms with Gasteiger partial charge in [-0.1, -0.05) is 42.0 Å². The molecule has 10 heteroatoms. The average Bonchev–Trinajstić information content (AvgIpc) is 3.40. The van der Waals surface area contributed by atoms with E-state index in [1.165, 1.54) is 11.8 Å². The van der Waals surface area contributed by atoms with Crippen molar-refractivity contribution in [3.05, 3.63) is 64.6 Å². The number of ether oxygens (including phenoxy) is 1. The Morgan fingerprint density at radius 1 is 1.22 bits per heavy atom. The van der Waals surface area contributed by atoms with Gasteiger partial charge < -0.3 is 9.26 Å². The normalized spacial score (nSPS) is 12.2. The smallest absolute Gasteiger partial charge is 0.339 e. The molecule has 4 aromatic rings. The highest BCUT2D eigenvalue weighted by Crippen LogP contribution is 2.25. The quantitative estimate of drug-likeness (QED) is 0.286. The molecular weight excluding hydrogens is 428 g/mol. The second-order valence-electron chi connectivity index (χ2n) is 7.44. The third kappa shape index (κ3) is 4.80. The third-order valence-corrected chi connectivity index (χ3v) is 5.67. The van der Waals surface area contributed by atoms with Crippen molar-refractivity contribution in [3.63, 3.8) is 0 Å². The molecule has 1 atom stereocenters. The number of nitrogens with zero attached hydrogens (tertiary/aromatic N) is 6. The first kappa shape index (κ1) is 21.9. The number of hydrogen-bond donors (Lipinski definition) is 0. The predicted molar refractivity (Wildman–Crippen MR) is 118 cm³/mol. The van der Waals surface area contributed by atoms with Gasteiger partial charge in [0.1, 0.15) is 0 Å². The van der Waals surface area contributed by atoms with Gasteiger partial charge in [-0.15, -0.1) is 5.10 Å². The number of aromatic nitrogens is 6. The highest BCUT2D eigenvalue weighted by molar-refractivity contribution is 7.98. The molecule has 3 heterocycles. The van der Waals surface area contributed by atoms with Crippen LogP contribution in [0.5, 0.6) is 0 Å². The predicted octanol–water partition coefficient (Wildman–Crippen LogP) is 4.29. The van der Waals surface area contributed by atoms with Crippen LogP contribution >= 0.6 is 11.8 Å². The van der Waals surface area contributed by atoms with Gasteiger partial charge >= 0.3 is 5.97 Å². The number of hydrogen-bond acceptors (Lipinski definition) is 9. The van der Waals surface area contributed by atoms with Crippen molar-refractivity contribution < 1.29 is 14.1 Å². The Morgan fingerprint density at radius 3 is 2.84 bits per heavy atom. The standard InChI is InChI=1S/C22H24N6O3S/c1-5-8-18-24-19(31-27-18)15(4)30-20(29)17-10-7-6-9-16(17)12-32-22-25-21-23-13(2)11-14(3)28(21)26-22/h6-7,9-11,15H,5,8,12H2,1-4H3. The van der Waals surface area contributed by atoms with Gasteiger partial charge in [-0.3, -0.25) is 0 Å². The second-order valence-corrected chi connectivity index (χ2v) is 8.38. The molecule has 4 rings (SSSR count). The van der Waals surface area contributed by atoms with Crippen molar-refractivity contribution in [2.45, 2.75) is 57.5 Å². The number of benzene rings is 1. The number of aryl methyl sites for hydroxylation is 3. The first-order valence-corrected chi connectivity index (χ1v) is 11.4. The molecule has 0 aliphatic carbocycles. The number of carbonyl (C=O) groups is 1. The summed E-state index contributed by atoms with van der Waals surface area (Å²) in [4.78, 5) is 26.0. The molecule has 32 heavy (non-hydrogen) atoms. The summed E-state index contributed by atoms with van der Waals surface area (Å²) < 4.78 is 12.5. The van der Waals surface area contributed by atoms with Crippen LogP contribution in [0.3, 0.4) is 0 Å². The Kier molecular flexibility index (Phi) is 6.50. The topological polar surface area (TPSA) is 108 Å². The van der Waals surface area contributed by atoms with Gasteiger partial charge in [0.15, 0.2) is 11.9 Å². The van der Waals surface area contributed by atoms with Crippen molar-refractivity contribution in [2.75, 3.05) is 0 Å². The highest BCUT2D eigenvalue weighted by atomic mass is 32.2. The number of carbonyl (C=O) groups excluding carboxylic acids is 1. The van der Waals surface area contributed by atoms with E-state index >= 15 is 0 Å². The van der Waals surface area contributed by atoms with Gasteiger partial charge in [-0.05, 0) is 44.9 Å². The lowest BCUT2D eigenvalue weighted by Crippen LogP contribution is -2.11. The summed E-state index contributed by atoms with van der Waals surface area (Å²) in [6, 6.07) is 9.28. The fourth-order valence-corrected chi connectivity index (χ4v) is 4.05. The van der Waals surface area contributed by atoms with Crippen molar-refractivity contribution >= 4 is 23.5 Å². The molecule has 0 spiro atoms. The molecule has 1 aromatic carbocycles. The summed E-state index contributed by atoms with van der Waals surface area (Å²) >= 11 is 1.44. The van der Waals surface area contributed by atoms with Crippen molar-refractivity contribution in [2.24, 2.45) is 0 Å². The van der Waals surface area contributed by atoms with Crippen LogP contribution < -0.4 is 0 Å². The fraction of sp³-hybridized carbons (Fsp3) is 0.364. The molecule has 0 radical (unpaired) electrons. The van der Waals surface area contributed by atoms with Crippen LogP contribution in [0.4, 0.5) is 0 Å². The van der Waals surface area contributed by atoms with Crippen LogP contribution in [-0.2, 0) is 16.9 Å². The van der Waals surface area contributed by atoms with Crippen LogP contribution in [0.15, 0.2) is 40.0 Å². The number of rotatable bonds is 8. The van der Waals surface area contributed by atoms with Crippen LogP contribution in [-0.4, -0.2) is 35.7 Å². The third-order valence-electron chi connectivity index (χ3n) is 4.78. The molecule has 0 fully saturated rings. The Hall–Kier alpha value is -3.27. The number of thioether (sulfide) groups is 1. The van der Waals surface area contributed by atoms with E-state index in [0.29, 0.717) is 34.0 Å². The molecule has 0 N–H and O–H groups in total. The molecular formula is C22H24N6O3S. The number of fused-ring (bicyclic) bond motifs is 1. The minimum absolute atomic E-state index is 0.292. The lowest BCUT2D eigenvalue weighted by Gasteiger charge is -2.11. The molecule has 3 aromatic heterocycles. The first-order chi connectivity index (χ1) is 15.4. The molecule has 9 nitrogen and oxygen atoms in total. The molecule has 0 amide bonds. The van der Waals surface area contributed by atoms with Gasteiger partial charge in [0, 0.05) is 23.6 Å². The lowest BCUT2D eigenvalue weighted by molar-refractivity contribution is 0.0264. The Morgan fingerprint density at radius 2 is 2.03 bits per heavy atom. The van der Waals surface area contributed by atoms with E-state index in [1.807, 2.05) is 39.0 Å². The molecule has 0 saturated heterocycles. The lowest BCUT2D eigenvalue weighted by atomic mass is 10.1. The molecule has 0 saturated carbocycles. The largest absolute Gasteiger partial charge is 0.449 e. The van der Waals surface area contributed by atoms with Gasteiger partial charge in [0.2, 0.25) is 5.16 Å². The Bertz CT molecular complexity index is 1250. The van der Waals surface area contributed by atoms with Crippen molar-refractivity contribution in [1.29, 1.82) is 0 Å². The zero-order valence-corrected chi connectivity index (χ0v) is 19.2. The minimum atomic E-state index is -0.640. The molecule has 0 aliphatic rings. The summed E-state index contributed by atoms with van der Waals surface area (Å²) in [5.74, 6) is 1.53. The Labute approximate surface area is 189 Å². The molecule has 1 unspecified atom stereocenters. The van der Waals surface area contributed by atoms with Crippen LogP contribution in [0.1, 0.15) is 65.4 Å². The van der Waals surface area contributed by atoms with Gasteiger partial charge in [-0.25, -0.2) is 14.3 Å². The summed E-state index contributed by atoms with van der Waals surface area (Å²) in [7, 11) is 0. The van der Waals surface area contributed by atoms with Crippen LogP contribution in [0.25, 0.3) is 5.78 Å². The van der Waals surface area contributed by atoms with E-state index in [1.54, 1.807) is 23.6 Å². The van der Waals surface area contributed by atoms with E-state index in [-0.39, 0.29) is 0 Å². The minimum Gasteiger partial charge on any atom is -0.449 e. The van der Waals surface area contributed by atoms with E-state index in [4.69, 9.17) is 9.26 Å². The van der Waals surface area contributed by atoms with Gasteiger partial charge in [0.25, 0.3) is 11.7 Å². The zero-order valence-electron chi connectivity index (χ0n) is 18.4. The maximum absolute atomic E-state index is 12.8. The molecule has 166 valence electrons. The maximum atomic E-state index is 12.8. The van der Waals surface area contributed by atoms with Gasteiger partial charge in [0.05, 0.1) is 5.56 Å². The van der Waals surface area contributed by atoms with Crippen LogP contribution in [0, 0.1) is 13.8 Å². The van der Waals surface area contributed by atoms with E-state index in [9.17, 15) is 4.79 Å². The summed E-state index contributed by atoms with van der Waals surface area (Å²) in [6.07, 6.45) is 0.989. The Balaban J connectivity index is 1.46. The van der Waals surface area contributed by atoms with E-state index in [2.05, 4.69) is 25.2 Å². The van der Waals surface area contributed by atoms with Gasteiger partial charge in [-0.2, -0.15) is 9.97 Å². The van der Waals surface area contributed by atoms with Crippen molar-refractivity contribution in [1.82, 2.24) is 29.7 Å². The molecule has 0 bridgehead atoms. The maximum Gasteiger partial charge on any atom is 0.339 e. The summed E-state index contributed by atoms with van der Waals surface area (Å²) in [6.45, 7) is 7.65. The zero-order chi connectivity index (χ0) is 22.7. The molecule has 0 aliphatic heterocycles. The van der Waals surface area contributed by atoms with E-state index in [0.717, 1.165) is 29.8 Å².